The molecule has 0 aromatic rings. The van der Waals surface area contributed by atoms with Crippen molar-refractivity contribution in [1.29, 1.82) is 0 Å². The molecule has 0 aliphatic heterocycles. The lowest BCUT2D eigenvalue weighted by molar-refractivity contribution is -0.139. The van der Waals surface area contributed by atoms with Crippen LogP contribution >= 0.6 is 7.75 Å². The van der Waals surface area contributed by atoms with Crippen LogP contribution in [0.2, 0.25) is 0 Å². The summed E-state index contributed by atoms with van der Waals surface area (Å²) in [5.41, 5.74) is 0. The lowest BCUT2D eigenvalue weighted by Gasteiger charge is -2.16. The Morgan fingerprint density at radius 2 is 1.92 bits per heavy atom. The van der Waals surface area contributed by atoms with Crippen molar-refractivity contribution < 1.29 is 24.3 Å². The molecule has 0 saturated carbocycles. The van der Waals surface area contributed by atoms with E-state index in [-0.39, 0.29) is 12.3 Å². The molecule has 0 amide bonds. The first-order valence-electron chi connectivity index (χ1n) is 3.78. The molecular weight excluding hydrogens is 197 g/mol. The number of carboxylic acid groups (broad SMARTS) is 1. The lowest BCUT2D eigenvalue weighted by Crippen LogP contribution is -2.35. The number of aliphatic carboxylic acids is 1. The summed E-state index contributed by atoms with van der Waals surface area (Å²) in [6.45, 7) is 3.55. The molecule has 78 valence electrons. The highest BCUT2D eigenvalue weighted by Gasteiger charge is 2.26. The highest BCUT2D eigenvalue weighted by Crippen LogP contribution is 2.30. The maximum atomic E-state index is 10.5. The third kappa shape index (κ3) is 6.72. The summed E-state index contributed by atoms with van der Waals surface area (Å²) in [6, 6.07) is -1.19. The molecule has 0 saturated heterocycles. The summed E-state index contributed by atoms with van der Waals surface area (Å²) in [5.74, 6) is -1.20. The fraction of sp³-hybridized carbons (Fsp3) is 0.833. The van der Waals surface area contributed by atoms with Crippen molar-refractivity contribution in [3.8, 4) is 0 Å². The standard InChI is InChI=1S/C6H14NO5P/c1-4(2)3-5(6(8)9)7-13(10,11)12/h4-5H,3H2,1-2H3,(H,8,9)(H3,7,10,11,12)/t5-/m0/s1. The van der Waals surface area contributed by atoms with Crippen molar-refractivity contribution in [3.63, 3.8) is 0 Å². The van der Waals surface area contributed by atoms with E-state index in [2.05, 4.69) is 0 Å². The van der Waals surface area contributed by atoms with Crippen molar-refractivity contribution in [2.75, 3.05) is 0 Å². The third-order valence-electron chi connectivity index (χ3n) is 1.33. The Morgan fingerprint density at radius 1 is 1.46 bits per heavy atom. The molecule has 13 heavy (non-hydrogen) atoms. The number of carbonyl (C=O) groups is 1. The average molecular weight is 211 g/mol. The maximum absolute atomic E-state index is 10.5. The molecule has 7 heteroatoms. The summed E-state index contributed by atoms with van der Waals surface area (Å²) < 4.78 is 10.4. The molecule has 1 atom stereocenters. The van der Waals surface area contributed by atoms with Crippen molar-refractivity contribution in [1.82, 2.24) is 5.09 Å². The number of nitrogens with one attached hydrogen (secondary N) is 1. The predicted molar refractivity (Wildman–Crippen MR) is 46.1 cm³/mol. The molecule has 0 rings (SSSR count). The second-order valence-corrected chi connectivity index (χ2v) is 4.54. The summed E-state index contributed by atoms with van der Waals surface area (Å²) in [5, 5.41) is 10.3. The van der Waals surface area contributed by atoms with Crippen LogP contribution in [0.15, 0.2) is 0 Å². The molecule has 0 aliphatic rings. The predicted octanol–water partition coefficient (Wildman–Crippen LogP) is 0.168. The molecule has 0 aromatic carbocycles. The first-order chi connectivity index (χ1) is 5.72. The minimum atomic E-state index is -4.46. The van der Waals surface area contributed by atoms with E-state index in [0.29, 0.717) is 0 Å². The molecule has 0 heterocycles. The zero-order valence-corrected chi connectivity index (χ0v) is 8.36. The topological polar surface area (TPSA) is 107 Å². The zero-order valence-electron chi connectivity index (χ0n) is 7.47. The van der Waals surface area contributed by atoms with Gasteiger partial charge in [-0.05, 0) is 12.3 Å². The van der Waals surface area contributed by atoms with Crippen LogP contribution in [-0.4, -0.2) is 26.9 Å². The number of hydrogen-bond donors (Lipinski definition) is 4. The summed E-state index contributed by atoms with van der Waals surface area (Å²) in [7, 11) is -4.46. The Morgan fingerprint density at radius 3 is 2.15 bits per heavy atom. The van der Waals surface area contributed by atoms with Gasteiger partial charge in [0.15, 0.2) is 0 Å². The van der Waals surface area contributed by atoms with E-state index < -0.39 is 19.8 Å². The van der Waals surface area contributed by atoms with Gasteiger partial charge in [0.05, 0.1) is 0 Å². The van der Waals surface area contributed by atoms with Crippen LogP contribution in [-0.2, 0) is 9.36 Å². The van der Waals surface area contributed by atoms with Gasteiger partial charge in [0, 0.05) is 0 Å². The van der Waals surface area contributed by atoms with Gasteiger partial charge in [-0.25, -0.2) is 9.65 Å². The molecule has 0 fully saturated rings. The van der Waals surface area contributed by atoms with Crippen molar-refractivity contribution in [2.24, 2.45) is 5.92 Å². The first kappa shape index (κ1) is 12.6. The zero-order chi connectivity index (χ0) is 10.6. The van der Waals surface area contributed by atoms with Crippen LogP contribution in [0.1, 0.15) is 20.3 Å². The van der Waals surface area contributed by atoms with Gasteiger partial charge in [-0.2, -0.15) is 0 Å². The van der Waals surface area contributed by atoms with Crippen LogP contribution in [0.3, 0.4) is 0 Å². The van der Waals surface area contributed by atoms with E-state index in [1.54, 1.807) is 18.9 Å². The van der Waals surface area contributed by atoms with Crippen molar-refractivity contribution in [2.45, 2.75) is 26.3 Å². The molecule has 6 nitrogen and oxygen atoms in total. The Kier molecular flexibility index (Phi) is 4.56. The van der Waals surface area contributed by atoms with Gasteiger partial charge in [0.2, 0.25) is 0 Å². The quantitative estimate of drug-likeness (QED) is 0.483. The molecule has 0 aromatic heterocycles. The summed E-state index contributed by atoms with van der Waals surface area (Å²) in [6.07, 6.45) is 0.181. The van der Waals surface area contributed by atoms with E-state index >= 15 is 0 Å². The fourth-order valence-electron chi connectivity index (χ4n) is 0.883. The number of hydrogen-bond acceptors (Lipinski definition) is 2. The van der Waals surface area contributed by atoms with E-state index in [1.165, 1.54) is 0 Å². The average Bonchev–Trinajstić information content (AvgIpc) is 1.81. The van der Waals surface area contributed by atoms with Crippen LogP contribution < -0.4 is 5.09 Å². The van der Waals surface area contributed by atoms with Crippen LogP contribution in [0.5, 0.6) is 0 Å². The van der Waals surface area contributed by atoms with Crippen molar-refractivity contribution >= 4 is 13.7 Å². The highest BCUT2D eigenvalue weighted by atomic mass is 31.2. The first-order valence-corrected chi connectivity index (χ1v) is 5.39. The smallest absolute Gasteiger partial charge is 0.401 e. The Labute approximate surface area is 76.2 Å². The molecule has 0 aliphatic carbocycles. The van der Waals surface area contributed by atoms with E-state index in [0.717, 1.165) is 0 Å². The monoisotopic (exact) mass is 211 g/mol. The number of carboxylic acids is 1. The van der Waals surface area contributed by atoms with Gasteiger partial charge in [-0.15, -0.1) is 0 Å². The SMILES string of the molecule is CC(C)C[C@H](NP(=O)(O)O)C(=O)O. The van der Waals surface area contributed by atoms with Crippen LogP contribution in [0.4, 0.5) is 0 Å². The molecule has 0 unspecified atom stereocenters. The molecule has 0 bridgehead atoms. The van der Waals surface area contributed by atoms with Gasteiger partial charge < -0.3 is 14.9 Å². The molecular formula is C6H14NO5P. The Hall–Kier alpha value is -0.420. The van der Waals surface area contributed by atoms with Crippen LogP contribution in [0, 0.1) is 5.92 Å². The minimum absolute atomic E-state index is 0.0557. The number of rotatable bonds is 5. The molecule has 0 spiro atoms. The van der Waals surface area contributed by atoms with Gasteiger partial charge in [0.25, 0.3) is 0 Å². The third-order valence-corrected chi connectivity index (χ3v) is 1.98. The minimum Gasteiger partial charge on any atom is -0.480 e. The van der Waals surface area contributed by atoms with E-state index in [4.69, 9.17) is 14.9 Å². The van der Waals surface area contributed by atoms with E-state index in [1.807, 2.05) is 0 Å². The van der Waals surface area contributed by atoms with Gasteiger partial charge >= 0.3 is 13.7 Å². The van der Waals surface area contributed by atoms with Crippen molar-refractivity contribution in [3.05, 3.63) is 0 Å². The fourth-order valence-corrected chi connectivity index (χ4v) is 1.51. The Balaban J connectivity index is 4.28. The van der Waals surface area contributed by atoms with Gasteiger partial charge in [-0.3, -0.25) is 4.79 Å². The second-order valence-electron chi connectivity index (χ2n) is 3.19. The largest absolute Gasteiger partial charge is 0.480 e. The Bertz CT molecular complexity index is 223. The maximum Gasteiger partial charge on any atom is 0.401 e. The molecule has 4 N–H and O–H groups in total. The summed E-state index contributed by atoms with van der Waals surface area (Å²) in [4.78, 5) is 27.5. The normalized spacial score (nSPS) is 14.5. The lowest BCUT2D eigenvalue weighted by atomic mass is 10.1. The van der Waals surface area contributed by atoms with Crippen LogP contribution in [0.25, 0.3) is 0 Å². The molecule has 0 radical (unpaired) electrons. The highest BCUT2D eigenvalue weighted by molar-refractivity contribution is 7.49. The van der Waals surface area contributed by atoms with Gasteiger partial charge in [-0.1, -0.05) is 13.8 Å². The van der Waals surface area contributed by atoms with E-state index in [9.17, 15) is 9.36 Å². The summed E-state index contributed by atoms with van der Waals surface area (Å²) >= 11 is 0. The second kappa shape index (κ2) is 4.72. The van der Waals surface area contributed by atoms with Gasteiger partial charge in [0.1, 0.15) is 6.04 Å².